The van der Waals surface area contributed by atoms with Gasteiger partial charge in [0.1, 0.15) is 11.8 Å². The van der Waals surface area contributed by atoms with Gasteiger partial charge in [0.2, 0.25) is 11.8 Å². The molecule has 1 heterocycles. The van der Waals surface area contributed by atoms with E-state index >= 15 is 0 Å². The van der Waals surface area contributed by atoms with E-state index in [9.17, 15) is 9.59 Å². The zero-order valence-corrected chi connectivity index (χ0v) is 15.0. The molecular formula is C19H30N2O3. The summed E-state index contributed by atoms with van der Waals surface area (Å²) in [6.07, 6.45) is 6.45. The minimum absolute atomic E-state index is 0.0281. The number of amides is 2. The minimum Gasteiger partial charge on any atom is -0.467 e. The fourth-order valence-electron chi connectivity index (χ4n) is 3.19. The monoisotopic (exact) mass is 334 g/mol. The van der Waals surface area contributed by atoms with Crippen molar-refractivity contribution in [3.63, 3.8) is 0 Å². The van der Waals surface area contributed by atoms with E-state index in [-0.39, 0.29) is 23.7 Å². The number of hydrogen-bond donors (Lipinski definition) is 2. The van der Waals surface area contributed by atoms with Gasteiger partial charge in [-0.3, -0.25) is 9.59 Å². The molecule has 0 bridgehead atoms. The van der Waals surface area contributed by atoms with Crippen molar-refractivity contribution in [3.05, 3.63) is 24.2 Å². The molecule has 0 aromatic carbocycles. The van der Waals surface area contributed by atoms with Crippen LogP contribution in [0.15, 0.2) is 22.8 Å². The maximum absolute atomic E-state index is 12.6. The number of carbonyl (C=O) groups is 2. The van der Waals surface area contributed by atoms with Gasteiger partial charge in [0.05, 0.1) is 12.8 Å². The molecule has 0 radical (unpaired) electrons. The second kappa shape index (κ2) is 8.90. The maximum Gasteiger partial charge on any atom is 0.243 e. The van der Waals surface area contributed by atoms with Gasteiger partial charge in [0.15, 0.2) is 0 Å². The van der Waals surface area contributed by atoms with Crippen molar-refractivity contribution in [1.82, 2.24) is 10.6 Å². The third-order valence-electron chi connectivity index (χ3n) is 5.20. The lowest BCUT2D eigenvalue weighted by atomic mass is 9.82. The number of nitrogens with one attached hydrogen (secondary N) is 2. The topological polar surface area (TPSA) is 71.3 Å². The summed E-state index contributed by atoms with van der Waals surface area (Å²) in [4.78, 5) is 25.1. The summed E-state index contributed by atoms with van der Waals surface area (Å²) in [6, 6.07) is 3.12. The Morgan fingerprint density at radius 1 is 1.29 bits per heavy atom. The SMILES string of the molecule is CC[C@H](C)[C@H](NC(=O)C1CCC(C)CC1)C(=O)NCc1ccco1. The standard InChI is InChI=1S/C19H30N2O3/c1-4-14(3)17(19(23)20-12-16-6-5-11-24-16)21-18(22)15-9-7-13(2)8-10-15/h5-6,11,13-15,17H,4,7-10,12H2,1-3H3,(H,20,23)(H,21,22)/t13?,14-,15?,17-/m0/s1. The van der Waals surface area contributed by atoms with Gasteiger partial charge in [-0.15, -0.1) is 0 Å². The Kier molecular flexibility index (Phi) is 6.88. The zero-order valence-electron chi connectivity index (χ0n) is 15.0. The van der Waals surface area contributed by atoms with Crippen molar-refractivity contribution in [1.29, 1.82) is 0 Å². The highest BCUT2D eigenvalue weighted by molar-refractivity contribution is 5.88. The quantitative estimate of drug-likeness (QED) is 0.804. The molecule has 0 unspecified atom stereocenters. The Bertz CT molecular complexity index is 519. The van der Waals surface area contributed by atoms with Gasteiger partial charge in [-0.05, 0) is 49.7 Å². The second-order valence-corrected chi connectivity index (χ2v) is 7.13. The first-order valence-corrected chi connectivity index (χ1v) is 9.11. The predicted octanol–water partition coefficient (Wildman–Crippen LogP) is 3.25. The van der Waals surface area contributed by atoms with Crippen LogP contribution in [0.4, 0.5) is 0 Å². The van der Waals surface area contributed by atoms with Crippen LogP contribution in [0.1, 0.15) is 58.6 Å². The highest BCUT2D eigenvalue weighted by atomic mass is 16.3. The summed E-state index contributed by atoms with van der Waals surface area (Å²) >= 11 is 0. The summed E-state index contributed by atoms with van der Waals surface area (Å²) in [5, 5.41) is 5.87. The number of carbonyl (C=O) groups excluding carboxylic acids is 2. The van der Waals surface area contributed by atoms with Gasteiger partial charge in [-0.25, -0.2) is 0 Å². The third-order valence-corrected chi connectivity index (χ3v) is 5.20. The Balaban J connectivity index is 1.91. The molecule has 1 aliphatic carbocycles. The van der Waals surface area contributed by atoms with Crippen LogP contribution in [0.25, 0.3) is 0 Å². The van der Waals surface area contributed by atoms with Crippen LogP contribution < -0.4 is 10.6 Å². The molecule has 1 aliphatic rings. The number of rotatable bonds is 7. The summed E-state index contributed by atoms with van der Waals surface area (Å²) in [5.74, 6) is 1.44. The molecule has 0 saturated heterocycles. The van der Waals surface area contributed by atoms with Crippen molar-refractivity contribution < 1.29 is 14.0 Å². The van der Waals surface area contributed by atoms with Gasteiger partial charge >= 0.3 is 0 Å². The molecule has 0 spiro atoms. The van der Waals surface area contributed by atoms with Crippen LogP contribution in [0.5, 0.6) is 0 Å². The van der Waals surface area contributed by atoms with Crippen LogP contribution in [0.3, 0.4) is 0 Å². The van der Waals surface area contributed by atoms with Crippen molar-refractivity contribution >= 4 is 11.8 Å². The number of furan rings is 1. The van der Waals surface area contributed by atoms with Crippen LogP contribution in [-0.2, 0) is 16.1 Å². The molecular weight excluding hydrogens is 304 g/mol. The molecule has 2 amide bonds. The molecule has 2 N–H and O–H groups in total. The van der Waals surface area contributed by atoms with E-state index in [1.165, 1.54) is 0 Å². The zero-order chi connectivity index (χ0) is 17.5. The van der Waals surface area contributed by atoms with Gasteiger partial charge in [0.25, 0.3) is 0 Å². The fraction of sp³-hybridized carbons (Fsp3) is 0.684. The molecule has 5 heteroatoms. The first-order valence-electron chi connectivity index (χ1n) is 9.11. The first-order chi connectivity index (χ1) is 11.5. The van der Waals surface area contributed by atoms with Gasteiger partial charge in [-0.1, -0.05) is 27.2 Å². The Hall–Kier alpha value is -1.78. The maximum atomic E-state index is 12.6. The molecule has 1 saturated carbocycles. The van der Waals surface area contributed by atoms with Gasteiger partial charge in [-0.2, -0.15) is 0 Å². The lowest BCUT2D eigenvalue weighted by molar-refractivity contribution is -0.133. The Labute approximate surface area is 144 Å². The molecule has 134 valence electrons. The normalized spacial score (nSPS) is 23.3. The molecule has 2 atom stereocenters. The average molecular weight is 334 g/mol. The molecule has 1 aromatic rings. The first kappa shape index (κ1) is 18.6. The summed E-state index contributed by atoms with van der Waals surface area (Å²) in [5.41, 5.74) is 0. The van der Waals surface area contributed by atoms with Gasteiger partial charge in [0, 0.05) is 5.92 Å². The molecule has 5 nitrogen and oxygen atoms in total. The van der Waals surface area contributed by atoms with E-state index in [4.69, 9.17) is 4.42 Å². The second-order valence-electron chi connectivity index (χ2n) is 7.13. The predicted molar refractivity (Wildman–Crippen MR) is 93.1 cm³/mol. The largest absolute Gasteiger partial charge is 0.467 e. The molecule has 1 fully saturated rings. The van der Waals surface area contributed by atoms with Crippen LogP contribution in [-0.4, -0.2) is 17.9 Å². The van der Waals surface area contributed by atoms with Crippen molar-refractivity contribution in [2.24, 2.45) is 17.8 Å². The van der Waals surface area contributed by atoms with E-state index in [1.54, 1.807) is 12.3 Å². The van der Waals surface area contributed by atoms with Crippen molar-refractivity contribution in [2.45, 2.75) is 65.5 Å². The van der Waals surface area contributed by atoms with E-state index in [1.807, 2.05) is 19.9 Å². The molecule has 24 heavy (non-hydrogen) atoms. The highest BCUT2D eigenvalue weighted by Crippen LogP contribution is 2.28. The molecule has 1 aromatic heterocycles. The smallest absolute Gasteiger partial charge is 0.243 e. The summed E-state index contributed by atoms with van der Waals surface area (Å²) < 4.78 is 5.23. The lowest BCUT2D eigenvalue weighted by Crippen LogP contribution is -2.51. The van der Waals surface area contributed by atoms with Crippen molar-refractivity contribution in [3.8, 4) is 0 Å². The van der Waals surface area contributed by atoms with Crippen LogP contribution in [0.2, 0.25) is 0 Å². The highest BCUT2D eigenvalue weighted by Gasteiger charge is 2.30. The van der Waals surface area contributed by atoms with E-state index in [0.29, 0.717) is 18.2 Å². The van der Waals surface area contributed by atoms with E-state index in [2.05, 4.69) is 17.6 Å². The lowest BCUT2D eigenvalue weighted by Gasteiger charge is -2.29. The fourth-order valence-corrected chi connectivity index (χ4v) is 3.19. The van der Waals surface area contributed by atoms with Crippen LogP contribution >= 0.6 is 0 Å². The minimum atomic E-state index is -0.489. The molecule has 0 aliphatic heterocycles. The Morgan fingerprint density at radius 2 is 2.00 bits per heavy atom. The Morgan fingerprint density at radius 3 is 2.58 bits per heavy atom. The average Bonchev–Trinajstić information content (AvgIpc) is 3.10. The summed E-state index contributed by atoms with van der Waals surface area (Å²) in [7, 11) is 0. The van der Waals surface area contributed by atoms with Crippen LogP contribution in [0, 0.1) is 17.8 Å². The van der Waals surface area contributed by atoms with E-state index in [0.717, 1.165) is 32.1 Å². The van der Waals surface area contributed by atoms with Crippen molar-refractivity contribution in [2.75, 3.05) is 0 Å². The van der Waals surface area contributed by atoms with Gasteiger partial charge < -0.3 is 15.1 Å². The summed E-state index contributed by atoms with van der Waals surface area (Å²) in [6.45, 7) is 6.61. The molecule has 2 rings (SSSR count). The third kappa shape index (κ3) is 5.11. The number of hydrogen-bond acceptors (Lipinski definition) is 3. The van der Waals surface area contributed by atoms with E-state index < -0.39 is 6.04 Å².